The molecule has 0 bridgehead atoms. The summed E-state index contributed by atoms with van der Waals surface area (Å²) in [5.41, 5.74) is -0.336. The van der Waals surface area contributed by atoms with Crippen molar-refractivity contribution in [1.82, 2.24) is 35.1 Å². The lowest BCUT2D eigenvalue weighted by Crippen LogP contribution is -2.42. The fourth-order valence-electron chi connectivity index (χ4n) is 3.36. The minimum absolute atomic E-state index is 0.0677. The van der Waals surface area contributed by atoms with Gasteiger partial charge in [0.1, 0.15) is 35.7 Å². The van der Waals surface area contributed by atoms with Gasteiger partial charge in [-0.2, -0.15) is 5.10 Å². The lowest BCUT2D eigenvalue weighted by molar-refractivity contribution is 0.0117. The minimum atomic E-state index is -1.73. The van der Waals surface area contributed by atoms with E-state index in [-0.39, 0.29) is 31.0 Å². The molecule has 11 heteroatoms. The van der Waals surface area contributed by atoms with Gasteiger partial charge in [0.2, 0.25) is 0 Å². The largest absolute Gasteiger partial charge is 0.382 e. The van der Waals surface area contributed by atoms with Crippen molar-refractivity contribution in [3.8, 4) is 0 Å². The van der Waals surface area contributed by atoms with Gasteiger partial charge in [0.15, 0.2) is 0 Å². The average molecular weight is 443 g/mol. The minimum Gasteiger partial charge on any atom is -0.382 e. The van der Waals surface area contributed by atoms with Gasteiger partial charge >= 0.3 is 0 Å². The van der Waals surface area contributed by atoms with Crippen LogP contribution in [0.4, 0.5) is 13.2 Å². The van der Waals surface area contributed by atoms with Crippen molar-refractivity contribution in [3.63, 3.8) is 0 Å². The first-order valence-corrected chi connectivity index (χ1v) is 9.76. The summed E-state index contributed by atoms with van der Waals surface area (Å²) in [6.45, 7) is 0.496. The molecule has 0 fully saturated rings. The lowest BCUT2D eigenvalue weighted by atomic mass is 9.92. The number of nitrogens with one attached hydrogen (secondary N) is 1. The molecule has 2 aromatic carbocycles. The van der Waals surface area contributed by atoms with Crippen molar-refractivity contribution < 1.29 is 18.3 Å². The van der Waals surface area contributed by atoms with Crippen molar-refractivity contribution in [2.24, 2.45) is 0 Å². The van der Waals surface area contributed by atoms with Gasteiger partial charge in [0.25, 0.3) is 0 Å². The maximum atomic E-state index is 14.4. The second-order valence-electron chi connectivity index (χ2n) is 7.39. The van der Waals surface area contributed by atoms with Crippen molar-refractivity contribution in [2.45, 2.75) is 25.2 Å². The Hall–Kier alpha value is -3.57. The second kappa shape index (κ2) is 9.28. The monoisotopic (exact) mass is 443 g/mol. The smallest absolute Gasteiger partial charge is 0.137 e. The van der Waals surface area contributed by atoms with Gasteiger partial charge in [-0.1, -0.05) is 23.4 Å². The molecule has 2 N–H and O–H groups in total. The van der Waals surface area contributed by atoms with Gasteiger partial charge in [0.05, 0.1) is 25.0 Å². The highest BCUT2D eigenvalue weighted by molar-refractivity contribution is 5.25. The van der Waals surface area contributed by atoms with Crippen LogP contribution in [0.25, 0.3) is 0 Å². The van der Waals surface area contributed by atoms with Crippen LogP contribution in [-0.2, 0) is 25.2 Å². The number of nitrogens with zero attached hydrogens (tertiary/aromatic N) is 6. The van der Waals surface area contributed by atoms with Gasteiger partial charge in [-0.25, -0.2) is 27.5 Å². The first kappa shape index (κ1) is 21.7. The molecule has 2 aromatic heterocycles. The molecule has 0 radical (unpaired) electrons. The predicted octanol–water partition coefficient (Wildman–Crippen LogP) is 2.01. The second-order valence-corrected chi connectivity index (χ2v) is 7.39. The third-order valence-electron chi connectivity index (χ3n) is 4.89. The molecule has 0 aliphatic rings. The molecule has 0 aliphatic heterocycles. The molecule has 1 atom stereocenters. The summed E-state index contributed by atoms with van der Waals surface area (Å²) < 4.78 is 43.8. The number of hydrogen-bond acceptors (Lipinski definition) is 6. The molecular formula is C21H20F3N7O. The van der Waals surface area contributed by atoms with Gasteiger partial charge in [-0.15, -0.1) is 5.10 Å². The van der Waals surface area contributed by atoms with E-state index in [0.717, 1.165) is 17.7 Å². The molecule has 2 heterocycles. The zero-order valence-corrected chi connectivity index (χ0v) is 16.9. The Morgan fingerprint density at radius 2 is 1.78 bits per heavy atom. The normalized spacial score (nSPS) is 13.2. The topological polar surface area (TPSA) is 93.7 Å². The number of hydrogen-bond donors (Lipinski definition) is 2. The van der Waals surface area contributed by atoms with E-state index in [1.54, 1.807) is 23.0 Å². The Labute approximate surface area is 181 Å². The van der Waals surface area contributed by atoms with E-state index in [0.29, 0.717) is 12.2 Å². The summed E-state index contributed by atoms with van der Waals surface area (Å²) in [5, 5.41) is 26.4. The Morgan fingerprint density at radius 1 is 1.00 bits per heavy atom. The fraction of sp³-hybridized carbons (Fsp3) is 0.238. The zero-order chi connectivity index (χ0) is 22.6. The van der Waals surface area contributed by atoms with Crippen LogP contribution < -0.4 is 5.32 Å². The SMILES string of the molecule is OC(CNCc1cn(Cc2ccc(F)cc2)nn1)(Cn1cncn1)c1ccc(F)cc1F. The Morgan fingerprint density at radius 3 is 2.50 bits per heavy atom. The van der Waals surface area contributed by atoms with Crippen LogP contribution in [0.2, 0.25) is 0 Å². The van der Waals surface area contributed by atoms with Crippen LogP contribution in [0.3, 0.4) is 0 Å². The van der Waals surface area contributed by atoms with E-state index in [9.17, 15) is 18.3 Å². The summed E-state index contributed by atoms with van der Waals surface area (Å²) in [4.78, 5) is 3.83. The highest BCUT2D eigenvalue weighted by Crippen LogP contribution is 2.26. The molecule has 8 nitrogen and oxygen atoms in total. The van der Waals surface area contributed by atoms with E-state index in [1.165, 1.54) is 35.5 Å². The molecule has 4 aromatic rings. The predicted molar refractivity (Wildman–Crippen MR) is 108 cm³/mol. The van der Waals surface area contributed by atoms with Crippen molar-refractivity contribution >= 4 is 0 Å². The number of rotatable bonds is 9. The standard InChI is InChI=1S/C21H20F3N7O/c22-16-3-1-15(2-4-16)9-30-10-18(28-29-30)8-25-11-21(32,12-31-14-26-13-27-31)19-6-5-17(23)7-20(19)24/h1-7,10,13-14,25,32H,8-9,11-12H2. The van der Waals surface area contributed by atoms with Crippen LogP contribution in [0, 0.1) is 17.5 Å². The third kappa shape index (κ3) is 5.18. The Kier molecular flexibility index (Phi) is 6.28. The third-order valence-corrected chi connectivity index (χ3v) is 4.89. The van der Waals surface area contributed by atoms with Crippen LogP contribution in [0.1, 0.15) is 16.8 Å². The maximum absolute atomic E-state index is 14.4. The van der Waals surface area contributed by atoms with Crippen LogP contribution >= 0.6 is 0 Å². The van der Waals surface area contributed by atoms with Gasteiger partial charge in [-0.3, -0.25) is 0 Å². The Balaban J connectivity index is 1.43. The molecule has 166 valence electrons. The lowest BCUT2D eigenvalue weighted by Gasteiger charge is -2.29. The highest BCUT2D eigenvalue weighted by atomic mass is 19.1. The van der Waals surface area contributed by atoms with Gasteiger partial charge in [0, 0.05) is 24.7 Å². The quantitative estimate of drug-likeness (QED) is 0.411. The molecule has 0 spiro atoms. The number of aromatic nitrogens is 6. The van der Waals surface area contributed by atoms with E-state index in [4.69, 9.17) is 0 Å². The summed E-state index contributed by atoms with van der Waals surface area (Å²) >= 11 is 0. The van der Waals surface area contributed by atoms with Crippen molar-refractivity contribution in [3.05, 3.63) is 95.6 Å². The number of benzene rings is 2. The fourth-order valence-corrected chi connectivity index (χ4v) is 3.36. The van der Waals surface area contributed by atoms with Gasteiger partial charge in [-0.05, 0) is 23.8 Å². The maximum Gasteiger partial charge on any atom is 0.137 e. The molecular weight excluding hydrogens is 423 g/mol. The summed E-state index contributed by atoms with van der Waals surface area (Å²) in [7, 11) is 0. The average Bonchev–Trinajstić information content (AvgIpc) is 3.42. The van der Waals surface area contributed by atoms with E-state index >= 15 is 0 Å². The number of aliphatic hydroxyl groups is 1. The van der Waals surface area contributed by atoms with Crippen molar-refractivity contribution in [2.75, 3.05) is 6.54 Å². The van der Waals surface area contributed by atoms with Crippen LogP contribution in [0.15, 0.2) is 61.3 Å². The zero-order valence-electron chi connectivity index (χ0n) is 16.9. The Bertz CT molecular complexity index is 1160. The number of halogens is 3. The summed E-state index contributed by atoms with van der Waals surface area (Å²) in [6.07, 6.45) is 4.41. The molecule has 32 heavy (non-hydrogen) atoms. The molecule has 1 unspecified atom stereocenters. The molecule has 0 saturated heterocycles. The highest BCUT2D eigenvalue weighted by Gasteiger charge is 2.33. The van der Waals surface area contributed by atoms with E-state index in [2.05, 4.69) is 25.7 Å². The summed E-state index contributed by atoms with van der Waals surface area (Å²) in [5.74, 6) is -1.91. The van der Waals surface area contributed by atoms with E-state index < -0.39 is 17.2 Å². The summed E-state index contributed by atoms with van der Waals surface area (Å²) in [6, 6.07) is 9.10. The molecule has 4 rings (SSSR count). The van der Waals surface area contributed by atoms with Crippen LogP contribution in [0.5, 0.6) is 0 Å². The molecule has 0 aliphatic carbocycles. The molecule has 0 saturated carbocycles. The van der Waals surface area contributed by atoms with Crippen LogP contribution in [-0.4, -0.2) is 41.4 Å². The van der Waals surface area contributed by atoms with Gasteiger partial charge < -0.3 is 10.4 Å². The first-order chi connectivity index (χ1) is 15.4. The van der Waals surface area contributed by atoms with Crippen molar-refractivity contribution in [1.29, 1.82) is 0 Å². The van der Waals surface area contributed by atoms with E-state index in [1.807, 2.05) is 0 Å². The first-order valence-electron chi connectivity index (χ1n) is 9.76. The molecule has 0 amide bonds.